The van der Waals surface area contributed by atoms with Crippen molar-refractivity contribution < 1.29 is 12.8 Å². The molecule has 0 heterocycles. The highest BCUT2D eigenvalue weighted by molar-refractivity contribution is 7.89. The molecule has 1 aromatic rings. The third-order valence-electron chi connectivity index (χ3n) is 3.85. The number of hydrogen-bond donors (Lipinski definition) is 1. The van der Waals surface area contributed by atoms with Crippen molar-refractivity contribution in [3.8, 4) is 0 Å². The maximum atomic E-state index is 13.7. The lowest BCUT2D eigenvalue weighted by atomic mass is 9.94. The number of nitrogens with one attached hydrogen (secondary N) is 1. The lowest BCUT2D eigenvalue weighted by Gasteiger charge is -2.33. The standard InChI is InChI=1S/C14H21FN2O2S/c1-3-16-10-11-9-13(7-8-14(11)15)20(18,19)17(2)12-5-4-6-12/h7-9,12,16H,3-6,10H2,1-2H3. The third kappa shape index (κ3) is 3.02. The fourth-order valence-corrected chi connectivity index (χ4v) is 3.69. The van der Waals surface area contributed by atoms with Crippen LogP contribution in [0, 0.1) is 5.82 Å². The first kappa shape index (κ1) is 15.4. The van der Waals surface area contributed by atoms with Gasteiger partial charge >= 0.3 is 0 Å². The van der Waals surface area contributed by atoms with Gasteiger partial charge in [-0.25, -0.2) is 12.8 Å². The van der Waals surface area contributed by atoms with Gasteiger partial charge in [0.25, 0.3) is 0 Å². The van der Waals surface area contributed by atoms with Crippen molar-refractivity contribution in [1.29, 1.82) is 0 Å². The minimum Gasteiger partial charge on any atom is -0.313 e. The van der Waals surface area contributed by atoms with Crippen LogP contribution in [0.2, 0.25) is 0 Å². The van der Waals surface area contributed by atoms with Crippen LogP contribution in [0.1, 0.15) is 31.7 Å². The molecule has 0 aromatic heterocycles. The molecule has 6 heteroatoms. The van der Waals surface area contributed by atoms with Crippen LogP contribution >= 0.6 is 0 Å². The molecule has 1 N–H and O–H groups in total. The van der Waals surface area contributed by atoms with E-state index in [1.165, 1.54) is 22.5 Å². The topological polar surface area (TPSA) is 49.4 Å². The maximum absolute atomic E-state index is 13.7. The van der Waals surface area contributed by atoms with Crippen LogP contribution in [-0.2, 0) is 16.6 Å². The molecule has 0 spiro atoms. The second-order valence-electron chi connectivity index (χ2n) is 5.14. The Morgan fingerprint density at radius 3 is 2.65 bits per heavy atom. The van der Waals surface area contributed by atoms with Crippen molar-refractivity contribution in [2.45, 2.75) is 43.7 Å². The lowest BCUT2D eigenvalue weighted by molar-refractivity contribution is 0.249. The summed E-state index contributed by atoms with van der Waals surface area (Å²) in [5.74, 6) is -0.379. The normalized spacial score (nSPS) is 16.4. The Kier molecular flexibility index (Phi) is 4.78. The quantitative estimate of drug-likeness (QED) is 0.875. The van der Waals surface area contributed by atoms with E-state index in [2.05, 4.69) is 5.32 Å². The van der Waals surface area contributed by atoms with E-state index in [0.29, 0.717) is 18.7 Å². The average molecular weight is 300 g/mol. The minimum atomic E-state index is -3.52. The predicted molar refractivity (Wildman–Crippen MR) is 76.4 cm³/mol. The van der Waals surface area contributed by atoms with Crippen LogP contribution in [0.15, 0.2) is 23.1 Å². The summed E-state index contributed by atoms with van der Waals surface area (Å²) < 4.78 is 40.1. The van der Waals surface area contributed by atoms with Gasteiger partial charge in [0.15, 0.2) is 0 Å². The highest BCUT2D eigenvalue weighted by Gasteiger charge is 2.31. The Morgan fingerprint density at radius 1 is 1.40 bits per heavy atom. The summed E-state index contributed by atoms with van der Waals surface area (Å²) in [7, 11) is -1.92. The molecule has 0 atom stereocenters. The fraction of sp³-hybridized carbons (Fsp3) is 0.571. The molecule has 2 rings (SSSR count). The van der Waals surface area contributed by atoms with Crippen molar-refractivity contribution in [3.05, 3.63) is 29.6 Å². The fourth-order valence-electron chi connectivity index (χ4n) is 2.22. The Balaban J connectivity index is 2.26. The van der Waals surface area contributed by atoms with E-state index in [4.69, 9.17) is 0 Å². The molecule has 1 aliphatic rings. The summed E-state index contributed by atoms with van der Waals surface area (Å²) in [6.07, 6.45) is 2.88. The molecule has 0 aliphatic heterocycles. The molecule has 1 aromatic carbocycles. The van der Waals surface area contributed by atoms with Gasteiger partial charge in [-0.15, -0.1) is 0 Å². The number of sulfonamides is 1. The highest BCUT2D eigenvalue weighted by atomic mass is 32.2. The monoisotopic (exact) mass is 300 g/mol. The minimum absolute atomic E-state index is 0.0854. The van der Waals surface area contributed by atoms with Crippen molar-refractivity contribution in [2.75, 3.05) is 13.6 Å². The van der Waals surface area contributed by atoms with Gasteiger partial charge in [-0.3, -0.25) is 0 Å². The molecule has 20 heavy (non-hydrogen) atoms. The molecule has 1 aliphatic carbocycles. The summed E-state index contributed by atoms with van der Waals surface area (Å²) >= 11 is 0. The number of halogens is 1. The first-order valence-electron chi connectivity index (χ1n) is 6.94. The van der Waals surface area contributed by atoms with Gasteiger partial charge in [0.2, 0.25) is 10.0 Å². The first-order valence-corrected chi connectivity index (χ1v) is 8.38. The van der Waals surface area contributed by atoms with Crippen LogP contribution in [0.5, 0.6) is 0 Å². The van der Waals surface area contributed by atoms with E-state index in [0.717, 1.165) is 19.3 Å². The van der Waals surface area contributed by atoms with Crippen LogP contribution in [0.3, 0.4) is 0 Å². The summed E-state index contributed by atoms with van der Waals surface area (Å²) in [5, 5.41) is 3.01. The lowest BCUT2D eigenvalue weighted by Crippen LogP contribution is -2.41. The summed E-state index contributed by atoms with van der Waals surface area (Å²) in [4.78, 5) is 0.168. The van der Waals surface area contributed by atoms with E-state index in [1.807, 2.05) is 6.92 Å². The molecule has 0 radical (unpaired) electrons. The van der Waals surface area contributed by atoms with Crippen molar-refractivity contribution >= 4 is 10.0 Å². The summed E-state index contributed by atoms with van der Waals surface area (Å²) in [6.45, 7) is 2.96. The second kappa shape index (κ2) is 6.20. The summed E-state index contributed by atoms with van der Waals surface area (Å²) in [6, 6.07) is 4.09. The second-order valence-corrected chi connectivity index (χ2v) is 7.14. The van der Waals surface area contributed by atoms with Gasteiger partial charge in [0.1, 0.15) is 5.82 Å². The van der Waals surface area contributed by atoms with Crippen LogP contribution in [0.4, 0.5) is 4.39 Å². The Hall–Kier alpha value is -0.980. The summed E-state index contributed by atoms with van der Waals surface area (Å²) in [5.41, 5.74) is 0.384. The largest absolute Gasteiger partial charge is 0.313 e. The zero-order chi connectivity index (χ0) is 14.8. The molecule has 112 valence electrons. The Bertz CT molecular complexity index is 571. The molecule has 0 bridgehead atoms. The Morgan fingerprint density at radius 2 is 2.10 bits per heavy atom. The molecule has 0 amide bonds. The maximum Gasteiger partial charge on any atom is 0.243 e. The van der Waals surface area contributed by atoms with Gasteiger partial charge in [-0.1, -0.05) is 13.3 Å². The zero-order valence-corrected chi connectivity index (χ0v) is 12.7. The van der Waals surface area contributed by atoms with Gasteiger partial charge in [-0.05, 0) is 37.6 Å². The van der Waals surface area contributed by atoms with E-state index in [9.17, 15) is 12.8 Å². The van der Waals surface area contributed by atoms with E-state index < -0.39 is 10.0 Å². The van der Waals surface area contributed by atoms with Crippen molar-refractivity contribution in [1.82, 2.24) is 9.62 Å². The number of hydrogen-bond acceptors (Lipinski definition) is 3. The van der Waals surface area contributed by atoms with E-state index in [-0.39, 0.29) is 16.8 Å². The number of benzene rings is 1. The predicted octanol–water partition coefficient (Wildman–Crippen LogP) is 2.11. The van der Waals surface area contributed by atoms with Gasteiger partial charge in [0, 0.05) is 25.2 Å². The molecular formula is C14H21FN2O2S. The Labute approximate surface area is 120 Å². The van der Waals surface area contributed by atoms with Crippen molar-refractivity contribution in [2.24, 2.45) is 0 Å². The molecule has 1 saturated carbocycles. The number of nitrogens with zero attached hydrogens (tertiary/aromatic N) is 1. The van der Waals surface area contributed by atoms with Gasteiger partial charge in [0.05, 0.1) is 4.90 Å². The van der Waals surface area contributed by atoms with Gasteiger partial charge in [-0.2, -0.15) is 4.31 Å². The third-order valence-corrected chi connectivity index (χ3v) is 5.75. The molecule has 0 unspecified atom stereocenters. The van der Waals surface area contributed by atoms with Crippen molar-refractivity contribution in [3.63, 3.8) is 0 Å². The van der Waals surface area contributed by atoms with Crippen LogP contribution in [-0.4, -0.2) is 32.4 Å². The molecular weight excluding hydrogens is 279 g/mol. The first-order chi connectivity index (χ1) is 9.46. The van der Waals surface area contributed by atoms with E-state index in [1.54, 1.807) is 7.05 Å². The zero-order valence-electron chi connectivity index (χ0n) is 11.9. The average Bonchev–Trinajstić information content (AvgIpc) is 2.35. The molecule has 4 nitrogen and oxygen atoms in total. The number of rotatable bonds is 6. The van der Waals surface area contributed by atoms with Crippen LogP contribution in [0.25, 0.3) is 0 Å². The van der Waals surface area contributed by atoms with E-state index >= 15 is 0 Å². The highest BCUT2D eigenvalue weighted by Crippen LogP contribution is 2.29. The smallest absolute Gasteiger partial charge is 0.243 e. The molecule has 1 fully saturated rings. The van der Waals surface area contributed by atoms with Gasteiger partial charge < -0.3 is 5.32 Å². The van der Waals surface area contributed by atoms with Crippen LogP contribution < -0.4 is 5.32 Å². The molecule has 0 saturated heterocycles. The SMILES string of the molecule is CCNCc1cc(S(=O)(=O)N(C)C2CCC2)ccc1F.